The summed E-state index contributed by atoms with van der Waals surface area (Å²) in [6.07, 6.45) is 0.604. The summed E-state index contributed by atoms with van der Waals surface area (Å²) in [6, 6.07) is 20.3. The van der Waals surface area contributed by atoms with Gasteiger partial charge in [0.25, 0.3) is 5.56 Å². The van der Waals surface area contributed by atoms with Crippen LogP contribution in [-0.2, 0) is 6.54 Å². The van der Waals surface area contributed by atoms with Crippen LogP contribution in [0.15, 0.2) is 71.8 Å². The molecule has 1 unspecified atom stereocenters. The number of aliphatic hydroxyl groups excluding tert-OH is 1. The standard InChI is InChI=1S/C21H15N3O2/c22-11-14-5-7-15(8-6-14)20(25)12-24-13-23-19-10-17-4-2-1-3-16(17)9-18(19)21(24)26/h1-10,13,20,25H,12H2. The largest absolute Gasteiger partial charge is 0.387 e. The molecule has 1 aromatic heterocycles. The first-order valence-electron chi connectivity index (χ1n) is 8.22. The number of hydrogen-bond donors (Lipinski definition) is 1. The molecule has 126 valence electrons. The van der Waals surface area contributed by atoms with E-state index in [-0.39, 0.29) is 12.1 Å². The van der Waals surface area contributed by atoms with Crippen molar-refractivity contribution in [3.63, 3.8) is 0 Å². The molecule has 0 aliphatic heterocycles. The van der Waals surface area contributed by atoms with Gasteiger partial charge in [0.15, 0.2) is 0 Å². The van der Waals surface area contributed by atoms with Gasteiger partial charge in [-0.2, -0.15) is 5.26 Å². The van der Waals surface area contributed by atoms with Crippen LogP contribution in [0, 0.1) is 11.3 Å². The Balaban J connectivity index is 1.72. The average molecular weight is 341 g/mol. The Morgan fingerprint density at radius 2 is 1.77 bits per heavy atom. The van der Waals surface area contributed by atoms with Crippen molar-refractivity contribution in [3.8, 4) is 6.07 Å². The SMILES string of the molecule is N#Cc1ccc(C(O)Cn2cnc3cc4ccccc4cc3c2=O)cc1. The number of aliphatic hydroxyl groups is 1. The Morgan fingerprint density at radius 3 is 2.46 bits per heavy atom. The number of aromatic nitrogens is 2. The van der Waals surface area contributed by atoms with Gasteiger partial charge >= 0.3 is 0 Å². The molecule has 1 heterocycles. The highest BCUT2D eigenvalue weighted by Gasteiger charge is 2.12. The van der Waals surface area contributed by atoms with Crippen molar-refractivity contribution in [1.82, 2.24) is 9.55 Å². The van der Waals surface area contributed by atoms with Gasteiger partial charge in [0.1, 0.15) is 0 Å². The quantitative estimate of drug-likeness (QED) is 0.581. The number of nitriles is 1. The molecule has 0 spiro atoms. The summed E-state index contributed by atoms with van der Waals surface area (Å²) in [6.45, 7) is 0.0977. The van der Waals surface area contributed by atoms with Crippen molar-refractivity contribution in [2.24, 2.45) is 0 Å². The average Bonchev–Trinajstić information content (AvgIpc) is 2.69. The van der Waals surface area contributed by atoms with Gasteiger partial charge in [0.05, 0.1) is 41.5 Å². The molecule has 0 aliphatic carbocycles. The van der Waals surface area contributed by atoms with Gasteiger partial charge in [-0.1, -0.05) is 36.4 Å². The minimum Gasteiger partial charge on any atom is -0.387 e. The van der Waals surface area contributed by atoms with Gasteiger partial charge in [0.2, 0.25) is 0 Å². The van der Waals surface area contributed by atoms with E-state index in [1.54, 1.807) is 24.3 Å². The lowest BCUT2D eigenvalue weighted by Crippen LogP contribution is -2.23. The molecule has 0 fully saturated rings. The van der Waals surface area contributed by atoms with E-state index in [9.17, 15) is 9.90 Å². The number of nitrogens with zero attached hydrogens (tertiary/aromatic N) is 3. The highest BCUT2D eigenvalue weighted by atomic mass is 16.3. The molecule has 4 rings (SSSR count). The third-order valence-corrected chi connectivity index (χ3v) is 4.49. The minimum atomic E-state index is -0.861. The Hall–Kier alpha value is -3.49. The van der Waals surface area contributed by atoms with Crippen molar-refractivity contribution in [1.29, 1.82) is 5.26 Å². The van der Waals surface area contributed by atoms with Crippen LogP contribution in [-0.4, -0.2) is 14.7 Å². The first-order valence-corrected chi connectivity index (χ1v) is 8.22. The fraction of sp³-hybridized carbons (Fsp3) is 0.0952. The summed E-state index contributed by atoms with van der Waals surface area (Å²) in [5.74, 6) is 0. The maximum absolute atomic E-state index is 12.8. The summed E-state index contributed by atoms with van der Waals surface area (Å²) >= 11 is 0. The van der Waals surface area contributed by atoms with Crippen LogP contribution < -0.4 is 5.56 Å². The maximum Gasteiger partial charge on any atom is 0.261 e. The second kappa shape index (κ2) is 6.43. The molecule has 0 saturated carbocycles. The predicted molar refractivity (Wildman–Crippen MR) is 99.6 cm³/mol. The molecule has 0 amide bonds. The molecular weight excluding hydrogens is 326 g/mol. The van der Waals surface area contributed by atoms with Crippen molar-refractivity contribution in [3.05, 3.63) is 88.5 Å². The first-order chi connectivity index (χ1) is 12.7. The highest BCUT2D eigenvalue weighted by molar-refractivity contribution is 5.95. The van der Waals surface area contributed by atoms with Gasteiger partial charge in [0, 0.05) is 0 Å². The zero-order valence-electron chi connectivity index (χ0n) is 13.8. The Morgan fingerprint density at radius 1 is 1.08 bits per heavy atom. The molecule has 0 bridgehead atoms. The van der Waals surface area contributed by atoms with Gasteiger partial charge < -0.3 is 5.11 Å². The van der Waals surface area contributed by atoms with E-state index in [0.29, 0.717) is 22.0 Å². The van der Waals surface area contributed by atoms with Crippen molar-refractivity contribution in [2.75, 3.05) is 0 Å². The second-order valence-electron chi connectivity index (χ2n) is 6.17. The first kappa shape index (κ1) is 16.0. The van der Waals surface area contributed by atoms with Crippen LogP contribution in [0.5, 0.6) is 0 Å². The van der Waals surface area contributed by atoms with E-state index < -0.39 is 6.10 Å². The highest BCUT2D eigenvalue weighted by Crippen LogP contribution is 2.20. The van der Waals surface area contributed by atoms with E-state index in [0.717, 1.165) is 10.8 Å². The van der Waals surface area contributed by atoms with Crippen LogP contribution in [0.25, 0.3) is 21.7 Å². The lowest BCUT2D eigenvalue weighted by atomic mass is 10.1. The summed E-state index contributed by atoms with van der Waals surface area (Å²) < 4.78 is 1.42. The molecule has 1 atom stereocenters. The van der Waals surface area contributed by atoms with Crippen LogP contribution in [0.4, 0.5) is 0 Å². The Bertz CT molecular complexity index is 1200. The predicted octanol–water partition coefficient (Wildman–Crippen LogP) is 3.15. The van der Waals surface area contributed by atoms with Gasteiger partial charge in [-0.3, -0.25) is 9.36 Å². The molecule has 5 nitrogen and oxygen atoms in total. The molecule has 0 saturated heterocycles. The molecule has 5 heteroatoms. The number of hydrogen-bond acceptors (Lipinski definition) is 4. The molecule has 4 aromatic rings. The fourth-order valence-corrected chi connectivity index (χ4v) is 3.05. The van der Waals surface area contributed by atoms with Crippen LogP contribution in [0.2, 0.25) is 0 Å². The molecule has 3 aromatic carbocycles. The zero-order valence-corrected chi connectivity index (χ0v) is 13.8. The zero-order chi connectivity index (χ0) is 18.1. The van der Waals surface area contributed by atoms with Gasteiger partial charge in [-0.05, 0) is 40.6 Å². The summed E-state index contributed by atoms with van der Waals surface area (Å²) in [5, 5.41) is 21.8. The Labute approximate surface area is 149 Å². The maximum atomic E-state index is 12.8. The van der Waals surface area contributed by atoms with Gasteiger partial charge in [-0.15, -0.1) is 0 Å². The smallest absolute Gasteiger partial charge is 0.261 e. The number of fused-ring (bicyclic) bond motifs is 2. The third-order valence-electron chi connectivity index (χ3n) is 4.49. The normalized spacial score (nSPS) is 12.2. The van der Waals surface area contributed by atoms with E-state index in [1.807, 2.05) is 42.5 Å². The van der Waals surface area contributed by atoms with Crippen LogP contribution >= 0.6 is 0 Å². The molecule has 0 aliphatic rings. The summed E-state index contributed by atoms with van der Waals surface area (Å²) in [4.78, 5) is 17.2. The topological polar surface area (TPSA) is 78.9 Å². The van der Waals surface area contributed by atoms with Crippen molar-refractivity contribution >= 4 is 21.7 Å². The second-order valence-corrected chi connectivity index (χ2v) is 6.17. The van der Waals surface area contributed by atoms with Crippen molar-refractivity contribution in [2.45, 2.75) is 12.6 Å². The van der Waals surface area contributed by atoms with E-state index >= 15 is 0 Å². The van der Waals surface area contributed by atoms with E-state index in [2.05, 4.69) is 4.98 Å². The monoisotopic (exact) mass is 341 g/mol. The third kappa shape index (κ3) is 2.83. The van der Waals surface area contributed by atoms with Crippen molar-refractivity contribution < 1.29 is 5.11 Å². The summed E-state index contributed by atoms with van der Waals surface area (Å²) in [5.41, 5.74) is 1.62. The molecule has 26 heavy (non-hydrogen) atoms. The Kier molecular flexibility index (Phi) is 3.96. The number of benzene rings is 3. The summed E-state index contributed by atoms with van der Waals surface area (Å²) in [7, 11) is 0. The molecule has 0 radical (unpaired) electrons. The lowest BCUT2D eigenvalue weighted by molar-refractivity contribution is 0.155. The molecular formula is C21H15N3O2. The molecule has 1 N–H and O–H groups in total. The van der Waals surface area contributed by atoms with E-state index in [4.69, 9.17) is 5.26 Å². The van der Waals surface area contributed by atoms with Crippen LogP contribution in [0.1, 0.15) is 17.2 Å². The van der Waals surface area contributed by atoms with Crippen LogP contribution in [0.3, 0.4) is 0 Å². The lowest BCUT2D eigenvalue weighted by Gasteiger charge is -2.13. The fourth-order valence-electron chi connectivity index (χ4n) is 3.05. The minimum absolute atomic E-state index is 0.0977. The van der Waals surface area contributed by atoms with Gasteiger partial charge in [-0.25, -0.2) is 4.98 Å². The van der Waals surface area contributed by atoms with E-state index in [1.165, 1.54) is 10.9 Å². The number of rotatable bonds is 3.